The second kappa shape index (κ2) is 9.39. The van der Waals surface area contributed by atoms with Crippen LogP contribution in [0.1, 0.15) is 53.0 Å². The minimum absolute atomic E-state index is 0.0130. The van der Waals surface area contributed by atoms with Crippen LogP contribution in [0.4, 0.5) is 17.6 Å². The maximum absolute atomic E-state index is 14.0. The molecule has 2 bridgehead atoms. The van der Waals surface area contributed by atoms with Crippen LogP contribution in [-0.4, -0.2) is 41.0 Å². The molecule has 0 radical (unpaired) electrons. The summed E-state index contributed by atoms with van der Waals surface area (Å²) in [6.45, 7) is 0.496. The third-order valence-electron chi connectivity index (χ3n) is 6.96. The van der Waals surface area contributed by atoms with Crippen LogP contribution in [0, 0.1) is 5.82 Å². The van der Waals surface area contributed by atoms with Crippen LogP contribution in [0.3, 0.4) is 0 Å². The van der Waals surface area contributed by atoms with E-state index in [0.717, 1.165) is 38.2 Å². The van der Waals surface area contributed by atoms with Gasteiger partial charge in [-0.15, -0.1) is 11.3 Å². The molecule has 10 heteroatoms. The number of carbonyl (C=O) groups excluding carboxylic acids is 1. The Kier molecular flexibility index (Phi) is 6.43. The van der Waals surface area contributed by atoms with Gasteiger partial charge >= 0.3 is 6.18 Å². The lowest BCUT2D eigenvalue weighted by molar-refractivity contribution is -0.136. The first-order valence-corrected chi connectivity index (χ1v) is 12.4. The van der Waals surface area contributed by atoms with Crippen molar-refractivity contribution < 1.29 is 27.1 Å². The maximum Gasteiger partial charge on any atom is 0.418 e. The minimum Gasteiger partial charge on any atom is -0.494 e. The molecule has 2 fully saturated rings. The molecule has 2 unspecified atom stereocenters. The fraction of sp³-hybridized carbons (Fsp3) is 0.440. The molecule has 3 aromatic rings. The van der Waals surface area contributed by atoms with E-state index in [-0.39, 0.29) is 40.9 Å². The monoisotopic (exact) mass is 507 g/mol. The molecule has 5 nitrogen and oxygen atoms in total. The molecule has 2 aliphatic heterocycles. The summed E-state index contributed by atoms with van der Waals surface area (Å²) in [5.41, 5.74) is -0.445. The topological polar surface area (TPSA) is 54.5 Å². The second-order valence-electron chi connectivity index (χ2n) is 9.16. The van der Waals surface area contributed by atoms with Gasteiger partial charge < -0.3 is 10.1 Å². The quantitative estimate of drug-likeness (QED) is 0.445. The van der Waals surface area contributed by atoms with Crippen LogP contribution in [-0.2, 0) is 12.7 Å². The van der Waals surface area contributed by atoms with E-state index in [1.807, 2.05) is 0 Å². The van der Waals surface area contributed by atoms with Crippen LogP contribution in [0.25, 0.3) is 10.2 Å². The van der Waals surface area contributed by atoms with Crippen molar-refractivity contribution in [2.24, 2.45) is 0 Å². The number of piperidine rings is 2. The molecule has 0 aliphatic carbocycles. The number of thiazole rings is 1. The molecule has 0 spiro atoms. The Morgan fingerprint density at radius 3 is 2.60 bits per heavy atom. The standard InChI is InChI=1S/C25H25F4N3O2S/c1-34-20-9-8-14(10-19(20)26)24(33)30-15-11-16-4-2-5-17(12-15)32(16)13-22-31-23-18(25(27,28)29)6-3-7-21(23)35-22/h3,6-10,15-17H,2,4-5,11-13H2,1H3,(H,30,33). The number of benzene rings is 2. The highest BCUT2D eigenvalue weighted by molar-refractivity contribution is 7.18. The van der Waals surface area contributed by atoms with Crippen LogP contribution in [0.5, 0.6) is 5.75 Å². The molecule has 186 valence electrons. The van der Waals surface area contributed by atoms with Crippen LogP contribution in [0.15, 0.2) is 36.4 Å². The summed E-state index contributed by atoms with van der Waals surface area (Å²) >= 11 is 1.30. The van der Waals surface area contributed by atoms with Crippen molar-refractivity contribution >= 4 is 27.5 Å². The first kappa shape index (κ1) is 24.0. The number of aromatic nitrogens is 1. The van der Waals surface area contributed by atoms with E-state index in [2.05, 4.69) is 15.2 Å². The average molecular weight is 508 g/mol. The van der Waals surface area contributed by atoms with Crippen molar-refractivity contribution in [3.63, 3.8) is 0 Å². The Morgan fingerprint density at radius 2 is 1.94 bits per heavy atom. The van der Waals surface area contributed by atoms with Crippen LogP contribution < -0.4 is 10.1 Å². The molecule has 2 saturated heterocycles. The summed E-state index contributed by atoms with van der Waals surface area (Å²) in [7, 11) is 1.37. The highest BCUT2D eigenvalue weighted by atomic mass is 32.1. The summed E-state index contributed by atoms with van der Waals surface area (Å²) < 4.78 is 59.7. The number of hydrogen-bond acceptors (Lipinski definition) is 5. The van der Waals surface area contributed by atoms with Crippen molar-refractivity contribution in [2.75, 3.05) is 7.11 Å². The van der Waals surface area contributed by atoms with Crippen LogP contribution in [0.2, 0.25) is 0 Å². The number of methoxy groups -OCH3 is 1. The van der Waals surface area contributed by atoms with E-state index in [4.69, 9.17) is 4.74 Å². The van der Waals surface area contributed by atoms with E-state index in [9.17, 15) is 22.4 Å². The van der Waals surface area contributed by atoms with Crippen molar-refractivity contribution in [1.29, 1.82) is 0 Å². The number of nitrogens with one attached hydrogen (secondary N) is 1. The molecule has 1 N–H and O–H groups in total. The summed E-state index contributed by atoms with van der Waals surface area (Å²) in [4.78, 5) is 19.4. The largest absolute Gasteiger partial charge is 0.494 e. The van der Waals surface area contributed by atoms with E-state index in [0.29, 0.717) is 16.3 Å². The Bertz CT molecular complexity index is 1230. The molecule has 0 saturated carbocycles. The Hall–Kier alpha value is -2.72. The van der Waals surface area contributed by atoms with Gasteiger partial charge in [0, 0.05) is 23.7 Å². The molecule has 35 heavy (non-hydrogen) atoms. The first-order chi connectivity index (χ1) is 16.7. The van der Waals surface area contributed by atoms with Gasteiger partial charge in [0.15, 0.2) is 11.6 Å². The Labute approximate surface area is 204 Å². The lowest BCUT2D eigenvalue weighted by atomic mass is 9.81. The number of para-hydroxylation sites is 1. The molecule has 2 atom stereocenters. The number of ether oxygens (including phenoxy) is 1. The Balaban J connectivity index is 1.29. The van der Waals surface area contributed by atoms with Gasteiger partial charge in [-0.05, 0) is 56.0 Å². The Morgan fingerprint density at radius 1 is 1.20 bits per heavy atom. The number of rotatable bonds is 5. The summed E-state index contributed by atoms with van der Waals surface area (Å²) in [6.07, 6.45) is 0.0234. The van der Waals surface area contributed by atoms with Gasteiger partial charge in [0.2, 0.25) is 0 Å². The fourth-order valence-electron chi connectivity index (χ4n) is 5.38. The summed E-state index contributed by atoms with van der Waals surface area (Å²) in [5.74, 6) is -0.827. The second-order valence-corrected chi connectivity index (χ2v) is 10.3. The first-order valence-electron chi connectivity index (χ1n) is 11.6. The number of alkyl halides is 3. The van der Waals surface area contributed by atoms with Crippen molar-refractivity contribution in [3.8, 4) is 5.75 Å². The van der Waals surface area contributed by atoms with E-state index in [1.165, 1.54) is 42.7 Å². The van der Waals surface area contributed by atoms with E-state index < -0.39 is 17.6 Å². The maximum atomic E-state index is 14.0. The number of fused-ring (bicyclic) bond motifs is 3. The number of nitrogens with zero attached hydrogens (tertiary/aromatic N) is 2. The molecule has 3 heterocycles. The SMILES string of the molecule is COc1ccc(C(=O)NC2CC3CCCC(C2)N3Cc2nc3c(C(F)(F)F)cccc3s2)cc1F. The lowest BCUT2D eigenvalue weighted by Crippen LogP contribution is -2.56. The number of halogens is 4. The van der Waals surface area contributed by atoms with Gasteiger partial charge in [-0.1, -0.05) is 12.5 Å². The normalized spacial score (nSPS) is 22.8. The predicted molar refractivity (Wildman–Crippen MR) is 125 cm³/mol. The van der Waals surface area contributed by atoms with E-state index >= 15 is 0 Å². The van der Waals surface area contributed by atoms with Gasteiger partial charge in [0.05, 0.1) is 29.4 Å². The van der Waals surface area contributed by atoms with Gasteiger partial charge in [-0.3, -0.25) is 9.69 Å². The number of hydrogen-bond donors (Lipinski definition) is 1. The lowest BCUT2D eigenvalue weighted by Gasteiger charge is -2.48. The number of amides is 1. The molecule has 2 aliphatic rings. The molecular formula is C25H25F4N3O2S. The van der Waals surface area contributed by atoms with Gasteiger partial charge in [-0.25, -0.2) is 9.37 Å². The highest BCUT2D eigenvalue weighted by Gasteiger charge is 2.39. The third kappa shape index (κ3) is 4.86. The minimum atomic E-state index is -4.44. The van der Waals surface area contributed by atoms with Gasteiger partial charge in [-0.2, -0.15) is 13.2 Å². The van der Waals surface area contributed by atoms with Gasteiger partial charge in [0.25, 0.3) is 5.91 Å². The fourth-order valence-corrected chi connectivity index (χ4v) is 6.38. The zero-order valence-corrected chi connectivity index (χ0v) is 19.9. The molecule has 1 aromatic heterocycles. The highest BCUT2D eigenvalue weighted by Crippen LogP contribution is 2.39. The molecule has 1 amide bonds. The van der Waals surface area contributed by atoms with Crippen LogP contribution >= 0.6 is 11.3 Å². The molecule has 5 rings (SSSR count). The van der Waals surface area contributed by atoms with Crippen molar-refractivity contribution in [2.45, 2.75) is 63.0 Å². The summed E-state index contributed by atoms with van der Waals surface area (Å²) in [5, 5.41) is 3.72. The zero-order chi connectivity index (χ0) is 24.7. The zero-order valence-electron chi connectivity index (χ0n) is 19.1. The summed E-state index contributed by atoms with van der Waals surface area (Å²) in [6, 6.07) is 8.67. The van der Waals surface area contributed by atoms with Crippen molar-refractivity contribution in [3.05, 3.63) is 58.3 Å². The number of carbonyl (C=O) groups is 1. The van der Waals surface area contributed by atoms with Gasteiger partial charge in [0.1, 0.15) is 5.01 Å². The molecule has 2 aromatic carbocycles. The van der Waals surface area contributed by atoms with Crippen molar-refractivity contribution in [1.82, 2.24) is 15.2 Å². The average Bonchev–Trinajstić information content (AvgIpc) is 3.21. The molecular weight excluding hydrogens is 482 g/mol. The predicted octanol–water partition coefficient (Wildman–Crippen LogP) is 5.78. The smallest absolute Gasteiger partial charge is 0.418 e. The third-order valence-corrected chi connectivity index (χ3v) is 7.97. The van der Waals surface area contributed by atoms with E-state index in [1.54, 1.807) is 6.07 Å².